The van der Waals surface area contributed by atoms with Crippen LogP contribution < -0.4 is 5.32 Å². The van der Waals surface area contributed by atoms with Crippen LogP contribution in [-0.4, -0.2) is 61.0 Å². The van der Waals surface area contributed by atoms with Crippen LogP contribution in [0.5, 0.6) is 0 Å². The third kappa shape index (κ3) is 2.38. The van der Waals surface area contributed by atoms with Crippen molar-refractivity contribution in [3.05, 3.63) is 0 Å². The lowest BCUT2D eigenvalue weighted by molar-refractivity contribution is -0.132. The summed E-state index contributed by atoms with van der Waals surface area (Å²) in [6, 6.07) is 0.581. The fraction of sp³-hybridized carbons (Fsp3) is 0.917. The van der Waals surface area contributed by atoms with Crippen LogP contribution in [0.4, 0.5) is 0 Å². The third-order valence-electron chi connectivity index (χ3n) is 3.82. The molecule has 1 N–H and O–H groups in total. The molecule has 4 heteroatoms. The summed E-state index contributed by atoms with van der Waals surface area (Å²) in [7, 11) is 2.16. The van der Waals surface area contributed by atoms with Crippen LogP contribution in [0.25, 0.3) is 0 Å². The van der Waals surface area contributed by atoms with Gasteiger partial charge in [-0.15, -0.1) is 0 Å². The molecule has 0 aromatic carbocycles. The van der Waals surface area contributed by atoms with Crippen molar-refractivity contribution in [3.8, 4) is 0 Å². The summed E-state index contributed by atoms with van der Waals surface area (Å²) in [4.78, 5) is 16.6. The monoisotopic (exact) mass is 225 g/mol. The number of carbonyl (C=O) groups is 1. The zero-order valence-electron chi connectivity index (χ0n) is 10.4. The van der Waals surface area contributed by atoms with Crippen LogP contribution in [0.2, 0.25) is 0 Å². The van der Waals surface area contributed by atoms with Crippen molar-refractivity contribution in [3.63, 3.8) is 0 Å². The molecule has 4 nitrogen and oxygen atoms in total. The van der Waals surface area contributed by atoms with Gasteiger partial charge in [0.1, 0.15) is 0 Å². The smallest absolute Gasteiger partial charge is 0.240 e. The molecule has 1 unspecified atom stereocenters. The van der Waals surface area contributed by atoms with E-state index in [2.05, 4.69) is 29.1 Å². The average molecular weight is 225 g/mol. The maximum atomic E-state index is 12.1. The van der Waals surface area contributed by atoms with Gasteiger partial charge in [0.25, 0.3) is 0 Å². The Labute approximate surface area is 98.0 Å². The van der Waals surface area contributed by atoms with Crippen molar-refractivity contribution in [2.75, 3.05) is 33.2 Å². The Morgan fingerprint density at radius 2 is 1.94 bits per heavy atom. The van der Waals surface area contributed by atoms with Gasteiger partial charge in [0.15, 0.2) is 0 Å². The first-order valence-corrected chi connectivity index (χ1v) is 6.44. The summed E-state index contributed by atoms with van der Waals surface area (Å²) in [6.45, 7) is 6.15. The van der Waals surface area contributed by atoms with Gasteiger partial charge in [-0.2, -0.15) is 0 Å². The molecule has 2 aliphatic heterocycles. The van der Waals surface area contributed by atoms with Crippen molar-refractivity contribution in [1.82, 2.24) is 15.1 Å². The highest BCUT2D eigenvalue weighted by atomic mass is 16.2. The molecule has 92 valence electrons. The van der Waals surface area contributed by atoms with Gasteiger partial charge in [0.2, 0.25) is 5.91 Å². The van der Waals surface area contributed by atoms with E-state index in [1.165, 1.54) is 0 Å². The molecule has 0 aromatic heterocycles. The van der Waals surface area contributed by atoms with Crippen molar-refractivity contribution >= 4 is 5.91 Å². The SMILES string of the molecule is CCNC1CCN(C2CCN(C)CC2)C1=O. The Hall–Kier alpha value is -0.610. The Morgan fingerprint density at radius 1 is 1.25 bits per heavy atom. The predicted molar refractivity (Wildman–Crippen MR) is 64.3 cm³/mol. The predicted octanol–water partition coefficient (Wildman–Crippen LogP) is 0.291. The summed E-state index contributed by atoms with van der Waals surface area (Å²) in [5, 5.41) is 3.27. The molecule has 0 saturated carbocycles. The summed E-state index contributed by atoms with van der Waals surface area (Å²) < 4.78 is 0. The molecule has 1 amide bonds. The molecule has 2 fully saturated rings. The quantitative estimate of drug-likeness (QED) is 0.750. The highest BCUT2D eigenvalue weighted by Gasteiger charge is 2.36. The Bertz CT molecular complexity index is 249. The van der Waals surface area contributed by atoms with Gasteiger partial charge in [-0.25, -0.2) is 0 Å². The molecule has 0 radical (unpaired) electrons. The van der Waals surface area contributed by atoms with Crippen molar-refractivity contribution in [2.45, 2.75) is 38.3 Å². The summed E-state index contributed by atoms with van der Waals surface area (Å²) in [6.07, 6.45) is 3.27. The number of hydrogen-bond acceptors (Lipinski definition) is 3. The molecule has 2 saturated heterocycles. The minimum absolute atomic E-state index is 0.0876. The Balaban J connectivity index is 1.89. The summed E-state index contributed by atoms with van der Waals surface area (Å²) in [5.41, 5.74) is 0. The minimum Gasteiger partial charge on any atom is -0.338 e. The van der Waals surface area contributed by atoms with E-state index >= 15 is 0 Å². The van der Waals surface area contributed by atoms with Crippen molar-refractivity contribution in [2.24, 2.45) is 0 Å². The van der Waals surface area contributed by atoms with E-state index in [9.17, 15) is 4.79 Å². The maximum Gasteiger partial charge on any atom is 0.240 e. The molecule has 16 heavy (non-hydrogen) atoms. The molecule has 1 atom stereocenters. The van der Waals surface area contributed by atoms with Crippen LogP contribution in [0.1, 0.15) is 26.2 Å². The number of nitrogens with zero attached hydrogens (tertiary/aromatic N) is 2. The second-order valence-corrected chi connectivity index (χ2v) is 4.97. The first-order chi connectivity index (χ1) is 7.72. The summed E-state index contributed by atoms with van der Waals surface area (Å²) in [5.74, 6) is 0.330. The van der Waals surface area contributed by atoms with Crippen LogP contribution in [0.3, 0.4) is 0 Å². The molecular weight excluding hydrogens is 202 g/mol. The number of likely N-dealkylation sites (N-methyl/N-ethyl adjacent to an activating group) is 1. The van der Waals surface area contributed by atoms with Gasteiger partial charge in [-0.3, -0.25) is 4.79 Å². The van der Waals surface area contributed by atoms with Crippen LogP contribution in [0, 0.1) is 0 Å². The van der Waals surface area contributed by atoms with Gasteiger partial charge in [0.05, 0.1) is 6.04 Å². The maximum absolute atomic E-state index is 12.1. The van der Waals surface area contributed by atoms with E-state index in [1.807, 2.05) is 0 Å². The lowest BCUT2D eigenvalue weighted by atomic mass is 10.0. The van der Waals surface area contributed by atoms with Crippen LogP contribution in [0.15, 0.2) is 0 Å². The molecule has 2 aliphatic rings. The fourth-order valence-electron chi connectivity index (χ4n) is 2.81. The molecule has 0 aromatic rings. The molecule has 2 heterocycles. The lowest BCUT2D eigenvalue weighted by Gasteiger charge is -2.35. The number of nitrogens with one attached hydrogen (secondary N) is 1. The number of hydrogen-bond donors (Lipinski definition) is 1. The van der Waals surface area contributed by atoms with Gasteiger partial charge in [0, 0.05) is 12.6 Å². The van der Waals surface area contributed by atoms with Crippen molar-refractivity contribution in [1.29, 1.82) is 0 Å². The number of rotatable bonds is 3. The zero-order chi connectivity index (χ0) is 11.5. The zero-order valence-corrected chi connectivity index (χ0v) is 10.4. The van der Waals surface area contributed by atoms with E-state index in [4.69, 9.17) is 0 Å². The van der Waals surface area contributed by atoms with Crippen LogP contribution in [-0.2, 0) is 4.79 Å². The van der Waals surface area contributed by atoms with Gasteiger partial charge < -0.3 is 15.1 Å². The largest absolute Gasteiger partial charge is 0.338 e. The van der Waals surface area contributed by atoms with E-state index in [0.717, 1.165) is 45.4 Å². The summed E-state index contributed by atoms with van der Waals surface area (Å²) >= 11 is 0. The first kappa shape index (κ1) is 11.9. The first-order valence-electron chi connectivity index (χ1n) is 6.44. The average Bonchev–Trinajstić information content (AvgIpc) is 2.63. The van der Waals surface area contributed by atoms with Gasteiger partial charge in [-0.1, -0.05) is 6.92 Å². The third-order valence-corrected chi connectivity index (χ3v) is 3.82. The normalized spacial score (nSPS) is 29.0. The molecule has 0 bridgehead atoms. The highest BCUT2D eigenvalue weighted by molar-refractivity contribution is 5.84. The van der Waals surface area contributed by atoms with E-state index in [1.54, 1.807) is 0 Å². The number of amides is 1. The molecular formula is C12H23N3O. The second kappa shape index (κ2) is 5.15. The lowest BCUT2D eigenvalue weighted by Crippen LogP contribution is -2.47. The van der Waals surface area contributed by atoms with Crippen molar-refractivity contribution < 1.29 is 4.79 Å². The molecule has 2 rings (SSSR count). The van der Waals surface area contributed by atoms with Gasteiger partial charge in [-0.05, 0) is 45.9 Å². The van der Waals surface area contributed by atoms with E-state index in [0.29, 0.717) is 11.9 Å². The number of carbonyl (C=O) groups excluding carboxylic acids is 1. The van der Waals surface area contributed by atoms with Gasteiger partial charge >= 0.3 is 0 Å². The molecule has 0 aliphatic carbocycles. The van der Waals surface area contributed by atoms with Crippen LogP contribution >= 0.6 is 0 Å². The highest BCUT2D eigenvalue weighted by Crippen LogP contribution is 2.21. The standard InChI is InChI=1S/C12H23N3O/c1-3-13-11-6-9-15(12(11)16)10-4-7-14(2)8-5-10/h10-11,13H,3-9H2,1-2H3. The number of likely N-dealkylation sites (tertiary alicyclic amines) is 2. The minimum atomic E-state index is 0.0876. The molecule has 0 spiro atoms. The fourth-order valence-corrected chi connectivity index (χ4v) is 2.81. The van der Waals surface area contributed by atoms with E-state index in [-0.39, 0.29) is 6.04 Å². The topological polar surface area (TPSA) is 35.6 Å². The second-order valence-electron chi connectivity index (χ2n) is 4.97. The Morgan fingerprint density at radius 3 is 2.56 bits per heavy atom. The Kier molecular flexibility index (Phi) is 3.82. The van der Waals surface area contributed by atoms with E-state index < -0.39 is 0 Å². The number of piperidine rings is 1.